The number of ether oxygens (including phenoxy) is 1. The van der Waals surface area contributed by atoms with Gasteiger partial charge in [0.25, 0.3) is 0 Å². The third-order valence-electron chi connectivity index (χ3n) is 8.56. The van der Waals surface area contributed by atoms with E-state index in [0.29, 0.717) is 47.1 Å². The number of carbonyl (C=O) groups excluding carboxylic acids is 4. The van der Waals surface area contributed by atoms with Crippen LogP contribution in [0.4, 0.5) is 0 Å². The maximum absolute atomic E-state index is 13.8. The van der Waals surface area contributed by atoms with Crippen LogP contribution in [0.15, 0.2) is 42.0 Å². The van der Waals surface area contributed by atoms with E-state index in [2.05, 4.69) is 25.2 Å². The second kappa shape index (κ2) is 12.4. The van der Waals surface area contributed by atoms with Crippen LogP contribution in [0.1, 0.15) is 106 Å². The number of carbonyl (C=O) groups is 4. The first-order valence-corrected chi connectivity index (χ1v) is 14.6. The molecule has 0 aromatic heterocycles. The summed E-state index contributed by atoms with van der Waals surface area (Å²) in [5, 5.41) is 0. The molecule has 1 saturated carbocycles. The summed E-state index contributed by atoms with van der Waals surface area (Å²) in [5.74, 6) is -0.623. The van der Waals surface area contributed by atoms with Gasteiger partial charge < -0.3 is 4.74 Å². The first-order chi connectivity index (χ1) is 18.6. The molecule has 0 saturated heterocycles. The first-order valence-electron chi connectivity index (χ1n) is 14.6. The molecule has 1 fully saturated rings. The number of Topliss-reactive ketones (excluding diaryl/α,β-unsaturated/α-hetero) is 4. The Hall–Kier alpha value is -3.08. The maximum atomic E-state index is 13.8. The number of rotatable bonds is 11. The van der Waals surface area contributed by atoms with Crippen molar-refractivity contribution in [3.63, 3.8) is 0 Å². The van der Waals surface area contributed by atoms with Gasteiger partial charge in [0.05, 0.1) is 18.6 Å². The van der Waals surface area contributed by atoms with Crippen LogP contribution in [0.3, 0.4) is 0 Å². The number of hydrogen-bond donors (Lipinski definition) is 0. The Morgan fingerprint density at radius 3 is 2.36 bits per heavy atom. The fraction of sp³-hybridized carbons (Fsp3) is 0.529. The van der Waals surface area contributed by atoms with E-state index in [1.54, 1.807) is 32.1 Å². The van der Waals surface area contributed by atoms with E-state index in [1.165, 1.54) is 12.7 Å². The van der Waals surface area contributed by atoms with Crippen LogP contribution in [-0.4, -0.2) is 30.2 Å². The van der Waals surface area contributed by atoms with Gasteiger partial charge in [-0.05, 0) is 80.0 Å². The minimum absolute atomic E-state index is 0.00428. The topological polar surface area (TPSA) is 77.5 Å². The fourth-order valence-corrected chi connectivity index (χ4v) is 6.16. The van der Waals surface area contributed by atoms with Gasteiger partial charge in [-0.1, -0.05) is 57.6 Å². The van der Waals surface area contributed by atoms with Crippen LogP contribution >= 0.6 is 0 Å². The molecule has 0 radical (unpaired) electrons. The summed E-state index contributed by atoms with van der Waals surface area (Å²) < 4.78 is 5.66. The molecular formula is C34H42O5. The Balaban J connectivity index is 1.57. The molecule has 4 rings (SSSR count). The van der Waals surface area contributed by atoms with E-state index in [-0.39, 0.29) is 23.1 Å². The van der Waals surface area contributed by atoms with E-state index in [0.717, 1.165) is 38.5 Å². The Morgan fingerprint density at radius 2 is 1.77 bits per heavy atom. The van der Waals surface area contributed by atoms with E-state index < -0.39 is 23.4 Å². The summed E-state index contributed by atoms with van der Waals surface area (Å²) in [6.07, 6.45) is 15.4. The summed E-state index contributed by atoms with van der Waals surface area (Å²) >= 11 is 0. The highest BCUT2D eigenvalue weighted by Crippen LogP contribution is 2.43. The first kappa shape index (κ1) is 28.9. The second-order valence-electron chi connectivity index (χ2n) is 11.9. The second-order valence-corrected chi connectivity index (χ2v) is 11.9. The van der Waals surface area contributed by atoms with Gasteiger partial charge in [0, 0.05) is 23.8 Å². The largest absolute Gasteiger partial charge is 0.496 e. The van der Waals surface area contributed by atoms with Crippen molar-refractivity contribution < 1.29 is 23.9 Å². The van der Waals surface area contributed by atoms with Crippen molar-refractivity contribution in [2.45, 2.75) is 85.0 Å². The summed E-state index contributed by atoms with van der Waals surface area (Å²) in [4.78, 5) is 52.6. The minimum atomic E-state index is -0.613. The van der Waals surface area contributed by atoms with E-state index >= 15 is 0 Å². The van der Waals surface area contributed by atoms with Crippen LogP contribution in [0.5, 0.6) is 5.75 Å². The van der Waals surface area contributed by atoms with Crippen molar-refractivity contribution in [1.82, 2.24) is 0 Å². The van der Waals surface area contributed by atoms with Crippen LogP contribution in [0, 0.1) is 23.7 Å². The third-order valence-corrected chi connectivity index (χ3v) is 8.56. The van der Waals surface area contributed by atoms with Gasteiger partial charge in [-0.2, -0.15) is 0 Å². The highest BCUT2D eigenvalue weighted by molar-refractivity contribution is 6.55. The highest BCUT2D eigenvalue weighted by Gasteiger charge is 2.37. The lowest BCUT2D eigenvalue weighted by Crippen LogP contribution is -2.23. The van der Waals surface area contributed by atoms with Crippen molar-refractivity contribution in [1.29, 1.82) is 0 Å². The SMILES string of the molecule is CCCC(=O)C1C=C(C(=O)C(=O)C(C)C)c2cc(C(=O)C3CCC(CC4=CCC(C)C=C4)CC3)c(OC)cc21. The van der Waals surface area contributed by atoms with Crippen molar-refractivity contribution in [2.75, 3.05) is 7.11 Å². The number of allylic oxidation sites excluding steroid dienone is 6. The van der Waals surface area contributed by atoms with Gasteiger partial charge in [-0.25, -0.2) is 0 Å². The molecule has 5 heteroatoms. The number of fused-ring (bicyclic) bond motifs is 1. The van der Waals surface area contributed by atoms with Crippen molar-refractivity contribution in [3.8, 4) is 5.75 Å². The lowest BCUT2D eigenvalue weighted by atomic mass is 9.75. The molecule has 39 heavy (non-hydrogen) atoms. The quantitative estimate of drug-likeness (QED) is 0.223. The predicted octanol–water partition coefficient (Wildman–Crippen LogP) is 7.24. The van der Waals surface area contributed by atoms with Crippen molar-refractivity contribution in [2.24, 2.45) is 23.7 Å². The Bertz CT molecular complexity index is 1240. The molecule has 0 heterocycles. The molecule has 0 N–H and O–H groups in total. The lowest BCUT2D eigenvalue weighted by molar-refractivity contribution is -0.135. The van der Waals surface area contributed by atoms with Crippen molar-refractivity contribution >= 4 is 28.7 Å². The van der Waals surface area contributed by atoms with E-state index in [1.807, 2.05) is 6.92 Å². The van der Waals surface area contributed by atoms with Gasteiger partial charge in [0.15, 0.2) is 5.78 Å². The Labute approximate surface area is 232 Å². The molecule has 0 aliphatic heterocycles. The average Bonchev–Trinajstić information content (AvgIpc) is 3.31. The Morgan fingerprint density at radius 1 is 1.05 bits per heavy atom. The molecule has 1 aromatic rings. The molecule has 0 spiro atoms. The highest BCUT2D eigenvalue weighted by atomic mass is 16.5. The summed E-state index contributed by atoms with van der Waals surface area (Å²) in [5.41, 5.74) is 3.25. The van der Waals surface area contributed by atoms with Crippen molar-refractivity contribution in [3.05, 3.63) is 58.7 Å². The molecule has 5 nitrogen and oxygen atoms in total. The monoisotopic (exact) mass is 530 g/mol. The number of ketones is 4. The molecule has 1 aromatic carbocycles. The summed E-state index contributed by atoms with van der Waals surface area (Å²) in [6, 6.07) is 3.45. The standard InChI is InChI=1S/C34H42O5/c1-6-7-30(35)27-18-28(34(38)32(36)20(2)3)25-17-29(31(39-5)19-26(25)27)33(37)24-14-12-23(13-15-24)16-22-10-8-21(4)9-11-22/h8,10-11,17-21,23-24,27H,6-7,9,12-16H2,1-5H3. The zero-order chi connectivity index (χ0) is 28.3. The number of benzene rings is 1. The number of hydrogen-bond acceptors (Lipinski definition) is 5. The van der Waals surface area contributed by atoms with Gasteiger partial charge in [0.2, 0.25) is 11.6 Å². The van der Waals surface area contributed by atoms with Crippen LogP contribution in [0.25, 0.3) is 5.57 Å². The summed E-state index contributed by atoms with van der Waals surface area (Å²) in [6.45, 7) is 7.55. The Kier molecular flexibility index (Phi) is 9.19. The van der Waals surface area contributed by atoms with E-state index in [4.69, 9.17) is 4.74 Å². The maximum Gasteiger partial charge on any atom is 0.229 e. The normalized spacial score (nSPS) is 24.2. The average molecular weight is 531 g/mol. The molecule has 0 amide bonds. The zero-order valence-corrected chi connectivity index (χ0v) is 24.0. The molecule has 208 valence electrons. The van der Waals surface area contributed by atoms with Gasteiger partial charge in [-0.15, -0.1) is 0 Å². The van der Waals surface area contributed by atoms with E-state index in [9.17, 15) is 19.2 Å². The molecular weight excluding hydrogens is 488 g/mol. The van der Waals surface area contributed by atoms with Gasteiger partial charge >= 0.3 is 0 Å². The van der Waals surface area contributed by atoms with Gasteiger partial charge in [-0.3, -0.25) is 19.2 Å². The molecule has 3 aliphatic carbocycles. The minimum Gasteiger partial charge on any atom is -0.496 e. The molecule has 3 aliphatic rings. The fourth-order valence-electron chi connectivity index (χ4n) is 6.16. The zero-order valence-electron chi connectivity index (χ0n) is 24.0. The lowest BCUT2D eigenvalue weighted by Gasteiger charge is -2.29. The van der Waals surface area contributed by atoms with Crippen LogP contribution in [0.2, 0.25) is 0 Å². The van der Waals surface area contributed by atoms with Crippen LogP contribution in [-0.2, 0) is 14.4 Å². The number of methoxy groups -OCH3 is 1. The smallest absolute Gasteiger partial charge is 0.229 e. The molecule has 2 atom stereocenters. The van der Waals surface area contributed by atoms with Crippen LogP contribution < -0.4 is 4.74 Å². The molecule has 2 unspecified atom stereocenters. The van der Waals surface area contributed by atoms with Gasteiger partial charge in [0.1, 0.15) is 11.5 Å². The predicted molar refractivity (Wildman–Crippen MR) is 154 cm³/mol. The summed E-state index contributed by atoms with van der Waals surface area (Å²) in [7, 11) is 1.53. The third kappa shape index (κ3) is 6.23. The molecule has 0 bridgehead atoms.